The zero-order valence-corrected chi connectivity index (χ0v) is 15.7. The molecule has 1 aromatic carbocycles. The van der Waals surface area contributed by atoms with Crippen LogP contribution in [0.4, 0.5) is 11.4 Å². The molecule has 2 aliphatic rings. The van der Waals surface area contributed by atoms with Crippen molar-refractivity contribution in [1.29, 1.82) is 0 Å². The summed E-state index contributed by atoms with van der Waals surface area (Å²) in [6.45, 7) is 4.15. The van der Waals surface area contributed by atoms with Gasteiger partial charge >= 0.3 is 5.97 Å². The van der Waals surface area contributed by atoms with Crippen LogP contribution < -0.4 is 10.2 Å². The van der Waals surface area contributed by atoms with Crippen molar-refractivity contribution < 1.29 is 19.5 Å². The molecule has 1 fully saturated rings. The van der Waals surface area contributed by atoms with Crippen molar-refractivity contribution in [2.24, 2.45) is 17.3 Å². The van der Waals surface area contributed by atoms with Gasteiger partial charge in [0, 0.05) is 30.3 Å². The highest BCUT2D eigenvalue weighted by Gasteiger charge is 2.65. The van der Waals surface area contributed by atoms with E-state index in [1.807, 2.05) is 12.1 Å². The Hall–Kier alpha value is -3.22. The summed E-state index contributed by atoms with van der Waals surface area (Å²) in [4.78, 5) is 42.2. The molecule has 4 rings (SSSR count). The Balaban J connectivity index is 1.49. The van der Waals surface area contributed by atoms with E-state index in [-0.39, 0.29) is 11.8 Å². The van der Waals surface area contributed by atoms with Gasteiger partial charge in [0.05, 0.1) is 17.4 Å². The number of nitrogens with zero attached hydrogens (tertiary/aromatic N) is 2. The minimum atomic E-state index is -0.941. The molecule has 0 bridgehead atoms. The van der Waals surface area contributed by atoms with Crippen LogP contribution in [0.15, 0.2) is 42.7 Å². The summed E-state index contributed by atoms with van der Waals surface area (Å²) >= 11 is 0. The minimum absolute atomic E-state index is 0.104. The maximum atomic E-state index is 12.7. The number of amides is 2. The van der Waals surface area contributed by atoms with Crippen LogP contribution >= 0.6 is 0 Å². The minimum Gasteiger partial charge on any atom is -0.481 e. The molecule has 2 aromatic rings. The van der Waals surface area contributed by atoms with Crippen LogP contribution in [0.1, 0.15) is 29.8 Å². The summed E-state index contributed by atoms with van der Waals surface area (Å²) < 4.78 is 0. The normalized spacial score (nSPS) is 21.7. The Kier molecular flexibility index (Phi) is 4.18. The lowest BCUT2D eigenvalue weighted by Gasteiger charge is -2.17. The molecular formula is C21H21N3O4. The van der Waals surface area contributed by atoms with Gasteiger partial charge in [-0.15, -0.1) is 0 Å². The number of hydrogen-bond acceptors (Lipinski definition) is 4. The number of aromatic nitrogens is 1. The Morgan fingerprint density at radius 3 is 2.64 bits per heavy atom. The third-order valence-corrected chi connectivity index (χ3v) is 5.77. The number of carboxylic acid groups (broad SMARTS) is 1. The molecule has 1 aliphatic heterocycles. The Morgan fingerprint density at radius 1 is 1.21 bits per heavy atom. The first-order valence-electron chi connectivity index (χ1n) is 9.19. The summed E-state index contributed by atoms with van der Waals surface area (Å²) in [6, 6.07) is 8.88. The van der Waals surface area contributed by atoms with Crippen molar-refractivity contribution in [2.45, 2.75) is 20.3 Å². The number of pyridine rings is 1. The van der Waals surface area contributed by atoms with E-state index in [9.17, 15) is 19.5 Å². The number of nitrogens with one attached hydrogen (secondary N) is 1. The lowest BCUT2D eigenvalue weighted by molar-refractivity contribution is -0.140. The fourth-order valence-electron chi connectivity index (χ4n) is 4.14. The van der Waals surface area contributed by atoms with Gasteiger partial charge in [0.2, 0.25) is 5.91 Å². The zero-order chi connectivity index (χ0) is 20.1. The number of anilines is 2. The number of hydrogen-bond donors (Lipinski definition) is 2. The van der Waals surface area contributed by atoms with Crippen molar-refractivity contribution in [3.63, 3.8) is 0 Å². The van der Waals surface area contributed by atoms with Gasteiger partial charge in [0.15, 0.2) is 0 Å². The molecule has 0 spiro atoms. The lowest BCUT2D eigenvalue weighted by Crippen LogP contribution is -2.28. The topological polar surface area (TPSA) is 99.6 Å². The molecule has 7 nitrogen and oxygen atoms in total. The standard InChI is InChI=1S/C21H21N3O4/c1-21(2)16(17(21)20(27)28)18(25)23-14-5-6-15-12(10-14)7-9-24(15)19(26)13-4-3-8-22-11-13/h3-6,8,10-11,16-17H,7,9H2,1-2H3,(H,23,25)(H,27,28). The van der Waals surface area contributed by atoms with E-state index in [1.54, 1.807) is 49.3 Å². The van der Waals surface area contributed by atoms with E-state index < -0.39 is 23.2 Å². The van der Waals surface area contributed by atoms with Gasteiger partial charge in [-0.05, 0) is 47.7 Å². The highest BCUT2D eigenvalue weighted by atomic mass is 16.4. The summed E-state index contributed by atoms with van der Waals surface area (Å²) in [5.41, 5.74) is 2.40. The molecule has 2 amide bonds. The molecule has 1 aliphatic carbocycles. The van der Waals surface area contributed by atoms with Crippen LogP contribution in [0, 0.1) is 17.3 Å². The van der Waals surface area contributed by atoms with Gasteiger partial charge in [-0.25, -0.2) is 0 Å². The van der Waals surface area contributed by atoms with Crippen LogP contribution in [0.3, 0.4) is 0 Å². The summed E-state index contributed by atoms with van der Waals surface area (Å²) in [6.07, 6.45) is 3.86. The number of carbonyl (C=O) groups is 3. The number of carboxylic acids is 1. The zero-order valence-electron chi connectivity index (χ0n) is 15.7. The first-order valence-corrected chi connectivity index (χ1v) is 9.19. The number of benzene rings is 1. The monoisotopic (exact) mass is 379 g/mol. The highest BCUT2D eigenvalue weighted by Crippen LogP contribution is 2.58. The van der Waals surface area contributed by atoms with Crippen LogP contribution in [-0.2, 0) is 16.0 Å². The molecule has 28 heavy (non-hydrogen) atoms. The van der Waals surface area contributed by atoms with E-state index >= 15 is 0 Å². The Bertz CT molecular complexity index is 971. The van der Waals surface area contributed by atoms with Gasteiger partial charge in [-0.3, -0.25) is 19.4 Å². The summed E-state index contributed by atoms with van der Waals surface area (Å²) in [7, 11) is 0. The summed E-state index contributed by atoms with van der Waals surface area (Å²) in [5, 5.41) is 12.1. The molecule has 7 heteroatoms. The van der Waals surface area contributed by atoms with Crippen molar-refractivity contribution >= 4 is 29.2 Å². The second kappa shape index (κ2) is 6.44. The molecule has 2 heterocycles. The number of aliphatic carboxylic acids is 1. The summed E-state index contributed by atoms with van der Waals surface area (Å²) in [5.74, 6) is -2.52. The van der Waals surface area contributed by atoms with Crippen LogP contribution in [0.2, 0.25) is 0 Å². The Labute approximate surface area is 162 Å². The van der Waals surface area contributed by atoms with Crippen LogP contribution in [0.5, 0.6) is 0 Å². The van der Waals surface area contributed by atoms with Gasteiger partial charge in [-0.1, -0.05) is 13.8 Å². The predicted octanol–water partition coefficient (Wildman–Crippen LogP) is 2.58. The third-order valence-electron chi connectivity index (χ3n) is 5.77. The fraction of sp³-hybridized carbons (Fsp3) is 0.333. The van der Waals surface area contributed by atoms with E-state index in [0.29, 0.717) is 24.2 Å². The van der Waals surface area contributed by atoms with E-state index in [4.69, 9.17) is 0 Å². The molecule has 1 saturated carbocycles. The number of fused-ring (bicyclic) bond motifs is 1. The first kappa shape index (κ1) is 18.2. The van der Waals surface area contributed by atoms with Crippen LogP contribution in [-0.4, -0.2) is 34.4 Å². The van der Waals surface area contributed by atoms with Gasteiger partial charge in [-0.2, -0.15) is 0 Å². The molecule has 2 unspecified atom stereocenters. The van der Waals surface area contributed by atoms with Gasteiger partial charge in [0.25, 0.3) is 5.91 Å². The van der Waals surface area contributed by atoms with Gasteiger partial charge < -0.3 is 15.3 Å². The maximum absolute atomic E-state index is 12.7. The van der Waals surface area contributed by atoms with Gasteiger partial charge in [0.1, 0.15) is 0 Å². The maximum Gasteiger partial charge on any atom is 0.307 e. The molecule has 0 saturated heterocycles. The third kappa shape index (κ3) is 2.93. The fourth-order valence-corrected chi connectivity index (χ4v) is 4.14. The molecule has 2 atom stereocenters. The largest absolute Gasteiger partial charge is 0.481 e. The average Bonchev–Trinajstić information content (AvgIpc) is 3.04. The lowest BCUT2D eigenvalue weighted by atomic mass is 10.1. The number of carbonyl (C=O) groups excluding carboxylic acids is 2. The van der Waals surface area contributed by atoms with Crippen molar-refractivity contribution in [3.8, 4) is 0 Å². The molecule has 0 radical (unpaired) electrons. The van der Waals surface area contributed by atoms with Crippen LogP contribution in [0.25, 0.3) is 0 Å². The highest BCUT2D eigenvalue weighted by molar-refractivity contribution is 6.07. The van der Waals surface area contributed by atoms with Crippen molar-refractivity contribution in [2.75, 3.05) is 16.8 Å². The van der Waals surface area contributed by atoms with Crippen molar-refractivity contribution in [3.05, 3.63) is 53.9 Å². The molecule has 144 valence electrons. The molecule has 1 aromatic heterocycles. The molecule has 2 N–H and O–H groups in total. The van der Waals surface area contributed by atoms with E-state index in [2.05, 4.69) is 10.3 Å². The first-order chi connectivity index (χ1) is 13.3. The predicted molar refractivity (Wildman–Crippen MR) is 103 cm³/mol. The Morgan fingerprint density at radius 2 is 2.00 bits per heavy atom. The average molecular weight is 379 g/mol. The van der Waals surface area contributed by atoms with Crippen molar-refractivity contribution in [1.82, 2.24) is 4.98 Å². The smallest absolute Gasteiger partial charge is 0.307 e. The quantitative estimate of drug-likeness (QED) is 0.851. The molecular weight excluding hydrogens is 358 g/mol. The van der Waals surface area contributed by atoms with E-state index in [1.165, 1.54) is 0 Å². The second-order valence-corrected chi connectivity index (χ2v) is 7.90. The van der Waals surface area contributed by atoms with E-state index in [0.717, 1.165) is 11.3 Å². The second-order valence-electron chi connectivity index (χ2n) is 7.90. The number of rotatable bonds is 4. The SMILES string of the molecule is CC1(C)C(C(=O)O)C1C(=O)Nc1ccc2c(c1)CCN2C(=O)c1cccnc1.